The van der Waals surface area contributed by atoms with Crippen LogP contribution in [0.4, 0.5) is 11.4 Å². The molecule has 0 atom stereocenters. The van der Waals surface area contributed by atoms with E-state index >= 15 is 0 Å². The molecule has 2 heteroatoms. The lowest BCUT2D eigenvalue weighted by Gasteiger charge is -2.33. The second-order valence-electron chi connectivity index (χ2n) is 13.4. The number of rotatable bonds is 13. The van der Waals surface area contributed by atoms with E-state index in [9.17, 15) is 0 Å². The lowest BCUT2D eigenvalue weighted by atomic mass is 9.70. The zero-order valence-corrected chi connectivity index (χ0v) is 27.9. The standard InChI is InChI=1S/C44H48N2/c1-4-6-8-17-29-44(30-18-9-7-5-2)40-23-15-13-21-36(40)37-27-25-35(32-41(37)44)45(3)34-26-28-43-39(31-34)38-22-14-16-24-42(38)46(43)33-19-11-10-12-20-33/h10-16,19-28,31-32H,4-9,17-18,29-30H2,1-3H3. The Morgan fingerprint density at radius 3 is 1.89 bits per heavy atom. The summed E-state index contributed by atoms with van der Waals surface area (Å²) in [5.41, 5.74) is 12.3. The van der Waals surface area contributed by atoms with Crippen molar-refractivity contribution in [1.82, 2.24) is 4.57 Å². The van der Waals surface area contributed by atoms with Gasteiger partial charge in [0.15, 0.2) is 0 Å². The molecule has 0 spiro atoms. The zero-order chi connectivity index (χ0) is 31.5. The third kappa shape index (κ3) is 5.32. The molecule has 1 aliphatic rings. The van der Waals surface area contributed by atoms with Crippen molar-refractivity contribution in [3.05, 3.63) is 126 Å². The molecule has 1 aromatic heterocycles. The van der Waals surface area contributed by atoms with Gasteiger partial charge in [0.05, 0.1) is 11.0 Å². The third-order valence-electron chi connectivity index (χ3n) is 10.6. The summed E-state index contributed by atoms with van der Waals surface area (Å²) >= 11 is 0. The van der Waals surface area contributed by atoms with Gasteiger partial charge in [0.25, 0.3) is 0 Å². The highest BCUT2D eigenvalue weighted by molar-refractivity contribution is 6.10. The topological polar surface area (TPSA) is 8.17 Å². The van der Waals surface area contributed by atoms with E-state index in [4.69, 9.17) is 0 Å². The molecule has 0 amide bonds. The van der Waals surface area contributed by atoms with Crippen LogP contribution in [0.25, 0.3) is 38.6 Å². The van der Waals surface area contributed by atoms with Gasteiger partial charge in [0, 0.05) is 40.3 Å². The fraction of sp³-hybridized carbons (Fsp3) is 0.318. The van der Waals surface area contributed by atoms with Crippen LogP contribution in [0.2, 0.25) is 0 Å². The first kappa shape index (κ1) is 30.4. The van der Waals surface area contributed by atoms with Crippen molar-refractivity contribution in [3.63, 3.8) is 0 Å². The van der Waals surface area contributed by atoms with Crippen molar-refractivity contribution in [2.24, 2.45) is 0 Å². The highest BCUT2D eigenvalue weighted by Crippen LogP contribution is 2.55. The van der Waals surface area contributed by atoms with Crippen LogP contribution >= 0.6 is 0 Å². The quantitative estimate of drug-likeness (QED) is 0.119. The van der Waals surface area contributed by atoms with Gasteiger partial charge in [0.1, 0.15) is 0 Å². The Labute approximate surface area is 275 Å². The van der Waals surface area contributed by atoms with Gasteiger partial charge in [-0.3, -0.25) is 0 Å². The van der Waals surface area contributed by atoms with Gasteiger partial charge >= 0.3 is 0 Å². The number of hydrogen-bond acceptors (Lipinski definition) is 1. The molecule has 7 rings (SSSR count). The molecule has 0 radical (unpaired) electrons. The average molecular weight is 605 g/mol. The van der Waals surface area contributed by atoms with Gasteiger partial charge < -0.3 is 9.47 Å². The van der Waals surface area contributed by atoms with Crippen LogP contribution in [-0.2, 0) is 5.41 Å². The van der Waals surface area contributed by atoms with Crippen molar-refractivity contribution in [2.45, 2.75) is 83.5 Å². The Balaban J connectivity index is 1.30. The second kappa shape index (κ2) is 13.2. The van der Waals surface area contributed by atoms with Crippen molar-refractivity contribution >= 4 is 33.2 Å². The SMILES string of the molecule is CCCCCCC1(CCCCCC)c2ccccc2-c2ccc(N(C)c3ccc4c(c3)c3ccccc3n4-c3ccccc3)cc21. The lowest BCUT2D eigenvalue weighted by molar-refractivity contribution is 0.401. The number of nitrogens with zero attached hydrogens (tertiary/aromatic N) is 2. The first-order chi connectivity index (χ1) is 22.7. The largest absolute Gasteiger partial charge is 0.345 e. The maximum absolute atomic E-state index is 2.55. The second-order valence-corrected chi connectivity index (χ2v) is 13.4. The molecular weight excluding hydrogens is 556 g/mol. The third-order valence-corrected chi connectivity index (χ3v) is 10.6. The minimum Gasteiger partial charge on any atom is -0.345 e. The summed E-state index contributed by atoms with van der Waals surface area (Å²) in [4.78, 5) is 2.40. The normalized spacial score (nSPS) is 13.3. The molecule has 46 heavy (non-hydrogen) atoms. The van der Waals surface area contributed by atoms with Crippen LogP contribution in [-0.4, -0.2) is 11.6 Å². The van der Waals surface area contributed by atoms with Crippen LogP contribution < -0.4 is 4.90 Å². The fourth-order valence-corrected chi connectivity index (χ4v) is 8.20. The minimum atomic E-state index is 0.0946. The van der Waals surface area contributed by atoms with Crippen LogP contribution in [0.5, 0.6) is 0 Å². The maximum Gasteiger partial charge on any atom is 0.0542 e. The maximum atomic E-state index is 2.55. The molecule has 2 nitrogen and oxygen atoms in total. The Morgan fingerprint density at radius 2 is 1.13 bits per heavy atom. The summed E-state index contributed by atoms with van der Waals surface area (Å²) in [6, 6.07) is 43.2. The Hall–Kier alpha value is -4.30. The van der Waals surface area contributed by atoms with E-state index in [1.165, 1.54) is 114 Å². The number of para-hydroxylation sites is 2. The van der Waals surface area contributed by atoms with Crippen LogP contribution in [0.15, 0.2) is 115 Å². The lowest BCUT2D eigenvalue weighted by Crippen LogP contribution is -2.26. The first-order valence-electron chi connectivity index (χ1n) is 17.7. The molecule has 0 saturated heterocycles. The fourth-order valence-electron chi connectivity index (χ4n) is 8.20. The van der Waals surface area contributed by atoms with Crippen molar-refractivity contribution < 1.29 is 0 Å². The number of fused-ring (bicyclic) bond motifs is 6. The van der Waals surface area contributed by atoms with Gasteiger partial charge in [-0.05, 0) is 83.6 Å². The van der Waals surface area contributed by atoms with E-state index in [1.54, 1.807) is 11.1 Å². The summed E-state index contributed by atoms with van der Waals surface area (Å²) in [5.74, 6) is 0. The predicted molar refractivity (Wildman–Crippen MR) is 199 cm³/mol. The van der Waals surface area contributed by atoms with Crippen LogP contribution in [0, 0.1) is 0 Å². The van der Waals surface area contributed by atoms with E-state index in [1.807, 2.05) is 0 Å². The van der Waals surface area contributed by atoms with Gasteiger partial charge in [-0.15, -0.1) is 0 Å². The number of aromatic nitrogens is 1. The van der Waals surface area contributed by atoms with Crippen molar-refractivity contribution in [2.75, 3.05) is 11.9 Å². The summed E-state index contributed by atoms with van der Waals surface area (Å²) < 4.78 is 2.40. The first-order valence-corrected chi connectivity index (χ1v) is 17.7. The molecule has 234 valence electrons. The highest BCUT2D eigenvalue weighted by atomic mass is 15.1. The number of hydrogen-bond donors (Lipinski definition) is 0. The molecule has 0 aliphatic heterocycles. The Bertz CT molecular complexity index is 1930. The van der Waals surface area contributed by atoms with E-state index in [-0.39, 0.29) is 5.41 Å². The van der Waals surface area contributed by atoms with Gasteiger partial charge in [-0.1, -0.05) is 132 Å². The predicted octanol–water partition coefficient (Wildman–Crippen LogP) is 12.8. The Kier molecular flexibility index (Phi) is 8.71. The molecule has 0 unspecified atom stereocenters. The molecule has 1 heterocycles. The number of benzene rings is 5. The van der Waals surface area contributed by atoms with Gasteiger partial charge in [0.2, 0.25) is 0 Å². The van der Waals surface area contributed by atoms with Crippen LogP contribution in [0.3, 0.4) is 0 Å². The van der Waals surface area contributed by atoms with Crippen molar-refractivity contribution in [1.29, 1.82) is 0 Å². The summed E-state index contributed by atoms with van der Waals surface area (Å²) in [6.45, 7) is 4.64. The zero-order valence-electron chi connectivity index (χ0n) is 27.9. The van der Waals surface area contributed by atoms with Crippen LogP contribution in [0.1, 0.15) is 89.2 Å². The van der Waals surface area contributed by atoms with Gasteiger partial charge in [-0.25, -0.2) is 0 Å². The minimum absolute atomic E-state index is 0.0946. The molecule has 0 N–H and O–H groups in total. The average Bonchev–Trinajstić information content (AvgIpc) is 3.58. The van der Waals surface area contributed by atoms with Crippen molar-refractivity contribution in [3.8, 4) is 16.8 Å². The molecular formula is C44H48N2. The molecule has 0 fully saturated rings. The number of unbranched alkanes of at least 4 members (excludes halogenated alkanes) is 6. The van der Waals surface area contributed by atoms with Gasteiger partial charge in [-0.2, -0.15) is 0 Å². The van der Waals surface area contributed by atoms with E-state index in [2.05, 4.69) is 146 Å². The summed E-state index contributed by atoms with van der Waals surface area (Å²) in [7, 11) is 2.24. The molecule has 6 aromatic rings. The monoisotopic (exact) mass is 604 g/mol. The molecule has 1 aliphatic carbocycles. The smallest absolute Gasteiger partial charge is 0.0542 e. The van der Waals surface area contributed by atoms with E-state index < -0.39 is 0 Å². The molecule has 0 bridgehead atoms. The highest BCUT2D eigenvalue weighted by Gasteiger charge is 2.42. The number of anilines is 2. The summed E-state index contributed by atoms with van der Waals surface area (Å²) in [6.07, 6.45) is 12.9. The van der Waals surface area contributed by atoms with E-state index in [0.29, 0.717) is 0 Å². The molecule has 0 saturated carbocycles. The summed E-state index contributed by atoms with van der Waals surface area (Å²) in [5, 5.41) is 2.58. The van der Waals surface area contributed by atoms with E-state index in [0.717, 1.165) is 0 Å². The Morgan fingerprint density at radius 1 is 0.522 bits per heavy atom. The molecule has 5 aromatic carbocycles.